The van der Waals surface area contributed by atoms with Crippen molar-refractivity contribution in [2.75, 3.05) is 45.9 Å². The van der Waals surface area contributed by atoms with Crippen LogP contribution in [0, 0.1) is 0 Å². The van der Waals surface area contributed by atoms with Gasteiger partial charge in [0.15, 0.2) is 0 Å². The molecule has 0 radical (unpaired) electrons. The van der Waals surface area contributed by atoms with Crippen molar-refractivity contribution in [2.24, 2.45) is 5.73 Å². The fraction of sp³-hybridized carbons (Fsp3) is 0.786. The van der Waals surface area contributed by atoms with E-state index < -0.39 is 0 Å². The number of rotatable bonds is 5. The Kier molecular flexibility index (Phi) is 4.67. The summed E-state index contributed by atoms with van der Waals surface area (Å²) in [5, 5.41) is 0. The summed E-state index contributed by atoms with van der Waals surface area (Å²) in [6.07, 6.45) is 5.27. The van der Waals surface area contributed by atoms with E-state index >= 15 is 0 Å². The van der Waals surface area contributed by atoms with Crippen molar-refractivity contribution in [3.8, 4) is 0 Å². The number of hydrogen-bond acceptors (Lipinski definition) is 5. The van der Waals surface area contributed by atoms with Crippen molar-refractivity contribution >= 4 is 0 Å². The Hall–Kier alpha value is -0.950. The molecule has 20 heavy (non-hydrogen) atoms. The highest BCUT2D eigenvalue weighted by molar-refractivity contribution is 4.98. The fourth-order valence-corrected chi connectivity index (χ4v) is 3.18. The Labute approximate surface area is 120 Å². The lowest BCUT2D eigenvalue weighted by Gasteiger charge is -2.32. The molecule has 3 heterocycles. The van der Waals surface area contributed by atoms with Crippen molar-refractivity contribution in [1.82, 2.24) is 19.4 Å². The van der Waals surface area contributed by atoms with Crippen LogP contribution in [0.4, 0.5) is 0 Å². The maximum Gasteiger partial charge on any atom is 0.0950 e. The highest BCUT2D eigenvalue weighted by Gasteiger charge is 2.28. The van der Waals surface area contributed by atoms with Gasteiger partial charge in [-0.1, -0.05) is 0 Å². The molecule has 1 atom stereocenters. The molecular weight excluding hydrogens is 254 g/mol. The lowest BCUT2D eigenvalue weighted by Crippen LogP contribution is -2.44. The maximum absolute atomic E-state index is 5.56. The van der Waals surface area contributed by atoms with E-state index in [0.717, 1.165) is 51.6 Å². The largest absolute Gasteiger partial charge is 0.379 e. The normalized spacial score (nSPS) is 25.4. The van der Waals surface area contributed by atoms with E-state index in [1.165, 1.54) is 13.0 Å². The summed E-state index contributed by atoms with van der Waals surface area (Å²) in [5.74, 6) is 0. The Morgan fingerprint density at radius 1 is 1.30 bits per heavy atom. The topological polar surface area (TPSA) is 59.6 Å². The van der Waals surface area contributed by atoms with E-state index in [4.69, 9.17) is 10.5 Å². The second-order valence-corrected chi connectivity index (χ2v) is 5.72. The zero-order valence-corrected chi connectivity index (χ0v) is 12.1. The third-order valence-corrected chi connectivity index (χ3v) is 4.27. The highest BCUT2D eigenvalue weighted by atomic mass is 16.5. The average Bonchev–Trinajstić information content (AvgIpc) is 3.11. The molecule has 6 heteroatoms. The van der Waals surface area contributed by atoms with Crippen LogP contribution in [0.15, 0.2) is 12.5 Å². The van der Waals surface area contributed by atoms with Crippen LogP contribution < -0.4 is 5.73 Å². The molecule has 2 N–H and O–H groups in total. The van der Waals surface area contributed by atoms with Gasteiger partial charge >= 0.3 is 0 Å². The number of imidazole rings is 1. The highest BCUT2D eigenvalue weighted by Crippen LogP contribution is 2.18. The minimum Gasteiger partial charge on any atom is -0.379 e. The lowest BCUT2D eigenvalue weighted by atomic mass is 10.2. The number of morpholine rings is 1. The average molecular weight is 279 g/mol. The molecule has 1 aromatic rings. The summed E-state index contributed by atoms with van der Waals surface area (Å²) in [4.78, 5) is 9.56. The first-order valence-corrected chi connectivity index (χ1v) is 7.60. The lowest BCUT2D eigenvalue weighted by molar-refractivity contribution is 0.0183. The molecule has 1 unspecified atom stereocenters. The maximum atomic E-state index is 5.56. The van der Waals surface area contributed by atoms with Crippen LogP contribution in [-0.2, 0) is 17.8 Å². The molecule has 2 aliphatic heterocycles. The van der Waals surface area contributed by atoms with Crippen molar-refractivity contribution < 1.29 is 4.74 Å². The quantitative estimate of drug-likeness (QED) is 0.805. The second-order valence-electron chi connectivity index (χ2n) is 5.72. The molecule has 0 saturated carbocycles. The van der Waals surface area contributed by atoms with E-state index in [2.05, 4.69) is 25.5 Å². The van der Waals surface area contributed by atoms with Gasteiger partial charge in [-0.25, -0.2) is 4.98 Å². The van der Waals surface area contributed by atoms with E-state index in [0.29, 0.717) is 12.6 Å². The van der Waals surface area contributed by atoms with Crippen LogP contribution >= 0.6 is 0 Å². The number of hydrogen-bond donors (Lipinski definition) is 1. The van der Waals surface area contributed by atoms with Crippen LogP contribution in [0.3, 0.4) is 0 Å². The molecule has 2 fully saturated rings. The van der Waals surface area contributed by atoms with Gasteiger partial charge in [-0.15, -0.1) is 0 Å². The molecule has 112 valence electrons. The predicted molar refractivity (Wildman–Crippen MR) is 77.4 cm³/mol. The molecule has 0 spiro atoms. The van der Waals surface area contributed by atoms with Gasteiger partial charge in [0.05, 0.1) is 25.2 Å². The summed E-state index contributed by atoms with van der Waals surface area (Å²) in [5.41, 5.74) is 6.71. The monoisotopic (exact) mass is 279 g/mol. The minimum absolute atomic E-state index is 0.665. The van der Waals surface area contributed by atoms with Gasteiger partial charge in [0, 0.05) is 58.1 Å². The van der Waals surface area contributed by atoms with E-state index in [1.807, 2.05) is 6.33 Å². The van der Waals surface area contributed by atoms with Crippen molar-refractivity contribution in [1.29, 1.82) is 0 Å². The summed E-state index contributed by atoms with van der Waals surface area (Å²) in [6, 6.07) is 0.699. The molecule has 0 aromatic carbocycles. The number of likely N-dealkylation sites (tertiary alicyclic amines) is 1. The molecule has 0 aliphatic carbocycles. The summed E-state index contributed by atoms with van der Waals surface area (Å²) in [6.45, 7) is 8.75. The first kappa shape index (κ1) is 14.0. The fourth-order valence-electron chi connectivity index (χ4n) is 3.18. The van der Waals surface area contributed by atoms with Gasteiger partial charge < -0.3 is 15.0 Å². The summed E-state index contributed by atoms with van der Waals surface area (Å²) in [7, 11) is 0. The molecular formula is C14H25N5O. The Morgan fingerprint density at radius 3 is 2.95 bits per heavy atom. The van der Waals surface area contributed by atoms with E-state index in [-0.39, 0.29) is 0 Å². The first-order chi connectivity index (χ1) is 9.85. The van der Waals surface area contributed by atoms with E-state index in [1.54, 1.807) is 0 Å². The number of aromatic nitrogens is 2. The van der Waals surface area contributed by atoms with Crippen molar-refractivity contribution in [3.63, 3.8) is 0 Å². The van der Waals surface area contributed by atoms with Crippen molar-refractivity contribution in [3.05, 3.63) is 18.2 Å². The molecule has 0 bridgehead atoms. The van der Waals surface area contributed by atoms with Gasteiger partial charge in [-0.05, 0) is 6.42 Å². The standard InChI is InChI=1S/C14H25N5O/c15-2-4-18-10-13(16-12-18)9-17-3-1-14(11-17)19-5-7-20-8-6-19/h10,12,14H,1-9,11,15H2. The van der Waals surface area contributed by atoms with Gasteiger partial charge in [-0.3, -0.25) is 9.80 Å². The smallest absolute Gasteiger partial charge is 0.0950 e. The summed E-state index contributed by atoms with van der Waals surface area (Å²) >= 11 is 0. The second kappa shape index (κ2) is 6.67. The zero-order chi connectivity index (χ0) is 13.8. The molecule has 2 aliphatic rings. The van der Waals surface area contributed by atoms with Crippen LogP contribution in [0.2, 0.25) is 0 Å². The van der Waals surface area contributed by atoms with Gasteiger partial charge in [0.2, 0.25) is 0 Å². The molecule has 1 aromatic heterocycles. The summed E-state index contributed by atoms with van der Waals surface area (Å²) < 4.78 is 7.50. The third-order valence-electron chi connectivity index (χ3n) is 4.27. The Bertz CT molecular complexity index is 415. The Balaban J connectivity index is 1.49. The van der Waals surface area contributed by atoms with Gasteiger partial charge in [0.25, 0.3) is 0 Å². The van der Waals surface area contributed by atoms with Crippen molar-refractivity contribution in [2.45, 2.75) is 25.6 Å². The van der Waals surface area contributed by atoms with Crippen LogP contribution in [0.25, 0.3) is 0 Å². The van der Waals surface area contributed by atoms with Gasteiger partial charge in [0.1, 0.15) is 0 Å². The number of nitrogens with two attached hydrogens (primary N) is 1. The molecule has 0 amide bonds. The van der Waals surface area contributed by atoms with Crippen LogP contribution in [0.1, 0.15) is 12.1 Å². The van der Waals surface area contributed by atoms with Crippen LogP contribution in [-0.4, -0.2) is 71.3 Å². The molecule has 2 saturated heterocycles. The Morgan fingerprint density at radius 2 is 2.15 bits per heavy atom. The van der Waals surface area contributed by atoms with Gasteiger partial charge in [-0.2, -0.15) is 0 Å². The first-order valence-electron chi connectivity index (χ1n) is 7.60. The molecule has 3 rings (SSSR count). The SMILES string of the molecule is NCCn1cnc(CN2CCC(N3CCOCC3)C2)c1. The minimum atomic E-state index is 0.665. The molecule has 6 nitrogen and oxygen atoms in total. The van der Waals surface area contributed by atoms with E-state index in [9.17, 15) is 0 Å². The number of ether oxygens (including phenoxy) is 1. The third kappa shape index (κ3) is 3.38. The van der Waals surface area contributed by atoms with Crippen LogP contribution in [0.5, 0.6) is 0 Å². The zero-order valence-electron chi connectivity index (χ0n) is 12.1. The number of nitrogens with zero attached hydrogens (tertiary/aromatic N) is 4. The predicted octanol–water partition coefficient (Wildman–Crippen LogP) is -0.252.